The van der Waals surface area contributed by atoms with Crippen LogP contribution in [0.1, 0.15) is 38.1 Å². The van der Waals surface area contributed by atoms with E-state index >= 15 is 0 Å². The predicted molar refractivity (Wildman–Crippen MR) is 64.7 cm³/mol. The summed E-state index contributed by atoms with van der Waals surface area (Å²) in [6, 6.07) is 3.61. The molecule has 1 heterocycles. The van der Waals surface area contributed by atoms with Gasteiger partial charge in [-0.25, -0.2) is 4.39 Å². The van der Waals surface area contributed by atoms with Gasteiger partial charge in [0.1, 0.15) is 5.82 Å². The van der Waals surface area contributed by atoms with Gasteiger partial charge in [-0.05, 0) is 32.0 Å². The Morgan fingerprint density at radius 2 is 1.76 bits per heavy atom. The molecule has 3 nitrogen and oxygen atoms in total. The Hall–Kier alpha value is -1.71. The zero-order valence-corrected chi connectivity index (χ0v) is 10.5. The topological polar surface area (TPSA) is 37.4 Å². The van der Waals surface area contributed by atoms with E-state index in [1.807, 2.05) is 13.8 Å². The maximum absolute atomic E-state index is 13.0. The number of hydrogen-bond acceptors (Lipinski definition) is 2. The highest BCUT2D eigenvalue weighted by Crippen LogP contribution is 2.30. The number of benzene rings is 1. The molecule has 1 aromatic rings. The van der Waals surface area contributed by atoms with Gasteiger partial charge in [0.05, 0.1) is 11.3 Å². The van der Waals surface area contributed by atoms with Crippen LogP contribution >= 0.6 is 0 Å². The molecule has 4 heteroatoms. The van der Waals surface area contributed by atoms with Crippen LogP contribution < -0.4 is 4.90 Å². The molecular formula is C13H16FNO2. The zero-order valence-electron chi connectivity index (χ0n) is 10.5. The SMILES string of the molecule is CC.CC(C)N1C(=O)C(=O)c2ccc(F)cc21. The monoisotopic (exact) mass is 237 g/mol. The molecule has 1 amide bonds. The van der Waals surface area contributed by atoms with Crippen LogP contribution in [0.4, 0.5) is 10.1 Å². The Labute approximate surface area is 100 Å². The van der Waals surface area contributed by atoms with Crippen molar-refractivity contribution in [2.45, 2.75) is 33.7 Å². The van der Waals surface area contributed by atoms with Crippen LogP contribution in [0.3, 0.4) is 0 Å². The van der Waals surface area contributed by atoms with Crippen molar-refractivity contribution in [3.63, 3.8) is 0 Å². The summed E-state index contributed by atoms with van der Waals surface area (Å²) < 4.78 is 13.0. The fourth-order valence-electron chi connectivity index (χ4n) is 1.74. The number of carbonyl (C=O) groups is 2. The minimum Gasteiger partial charge on any atom is -0.302 e. The Morgan fingerprint density at radius 1 is 1.18 bits per heavy atom. The average molecular weight is 237 g/mol. The number of carbonyl (C=O) groups excluding carboxylic acids is 2. The number of ketones is 1. The molecule has 0 unspecified atom stereocenters. The summed E-state index contributed by atoms with van der Waals surface area (Å²) in [4.78, 5) is 24.4. The molecule has 1 aromatic carbocycles. The van der Waals surface area contributed by atoms with Gasteiger partial charge in [0.25, 0.3) is 11.7 Å². The maximum atomic E-state index is 13.0. The summed E-state index contributed by atoms with van der Waals surface area (Å²) in [7, 11) is 0. The smallest absolute Gasteiger partial charge is 0.299 e. The van der Waals surface area contributed by atoms with Crippen molar-refractivity contribution in [3.05, 3.63) is 29.6 Å². The van der Waals surface area contributed by atoms with Crippen LogP contribution in [0.5, 0.6) is 0 Å². The Balaban J connectivity index is 0.000000686. The van der Waals surface area contributed by atoms with Crippen LogP contribution in [0, 0.1) is 5.82 Å². The van der Waals surface area contributed by atoms with Crippen LogP contribution in [0.15, 0.2) is 18.2 Å². The number of fused-ring (bicyclic) bond motifs is 1. The third-order valence-corrected chi connectivity index (χ3v) is 2.39. The van der Waals surface area contributed by atoms with Crippen LogP contribution in [0.2, 0.25) is 0 Å². The number of nitrogens with zero attached hydrogens (tertiary/aromatic N) is 1. The van der Waals surface area contributed by atoms with Gasteiger partial charge in [0.15, 0.2) is 0 Å². The van der Waals surface area contributed by atoms with Gasteiger partial charge in [0.2, 0.25) is 0 Å². The first kappa shape index (κ1) is 13.4. The maximum Gasteiger partial charge on any atom is 0.299 e. The van der Waals surface area contributed by atoms with Crippen molar-refractivity contribution in [1.29, 1.82) is 0 Å². The van der Waals surface area contributed by atoms with E-state index in [0.717, 1.165) is 0 Å². The fourth-order valence-corrected chi connectivity index (χ4v) is 1.74. The number of amides is 1. The van der Waals surface area contributed by atoms with Crippen molar-refractivity contribution in [3.8, 4) is 0 Å². The van der Waals surface area contributed by atoms with Gasteiger partial charge in [0, 0.05) is 6.04 Å². The average Bonchev–Trinajstić information content (AvgIpc) is 2.54. The lowest BCUT2D eigenvalue weighted by molar-refractivity contribution is -0.114. The summed E-state index contributed by atoms with van der Waals surface area (Å²) in [6.07, 6.45) is 0. The van der Waals surface area contributed by atoms with E-state index in [1.54, 1.807) is 13.8 Å². The highest BCUT2D eigenvalue weighted by Gasteiger charge is 2.37. The quantitative estimate of drug-likeness (QED) is 0.704. The number of rotatable bonds is 1. The highest BCUT2D eigenvalue weighted by molar-refractivity contribution is 6.52. The van der Waals surface area contributed by atoms with Crippen LogP contribution in [-0.2, 0) is 4.79 Å². The first-order valence-electron chi connectivity index (χ1n) is 5.70. The summed E-state index contributed by atoms with van der Waals surface area (Å²) in [6.45, 7) is 7.57. The van der Waals surface area contributed by atoms with Crippen LogP contribution in [0.25, 0.3) is 0 Å². The molecule has 1 aliphatic heterocycles. The Morgan fingerprint density at radius 3 is 2.29 bits per heavy atom. The van der Waals surface area contributed by atoms with E-state index in [9.17, 15) is 14.0 Å². The zero-order chi connectivity index (χ0) is 13.2. The number of Topliss-reactive ketones (excluding diaryl/α,β-unsaturated/α-hetero) is 1. The molecule has 0 spiro atoms. The van der Waals surface area contributed by atoms with Gasteiger partial charge in [-0.2, -0.15) is 0 Å². The minimum absolute atomic E-state index is 0.149. The van der Waals surface area contributed by atoms with Crippen molar-refractivity contribution < 1.29 is 14.0 Å². The Bertz CT molecular complexity index is 455. The standard InChI is InChI=1S/C11H10FNO2.C2H6/c1-6(2)13-9-5-7(12)3-4-8(9)10(14)11(13)15;1-2/h3-6H,1-2H3;1-2H3. The van der Waals surface area contributed by atoms with E-state index in [0.29, 0.717) is 5.69 Å². The summed E-state index contributed by atoms with van der Waals surface area (Å²) >= 11 is 0. The Kier molecular flexibility index (Phi) is 3.99. The lowest BCUT2D eigenvalue weighted by Gasteiger charge is -2.20. The number of halogens is 1. The second kappa shape index (κ2) is 5.08. The molecule has 1 aliphatic rings. The van der Waals surface area contributed by atoms with Gasteiger partial charge in [-0.15, -0.1) is 0 Å². The van der Waals surface area contributed by atoms with Crippen molar-refractivity contribution >= 4 is 17.4 Å². The molecule has 0 atom stereocenters. The van der Waals surface area contributed by atoms with Gasteiger partial charge >= 0.3 is 0 Å². The molecule has 0 N–H and O–H groups in total. The highest BCUT2D eigenvalue weighted by atomic mass is 19.1. The molecule has 0 saturated heterocycles. The van der Waals surface area contributed by atoms with Crippen molar-refractivity contribution in [2.75, 3.05) is 4.90 Å². The van der Waals surface area contributed by atoms with Gasteiger partial charge < -0.3 is 4.90 Å². The molecule has 0 fully saturated rings. The van der Waals surface area contributed by atoms with E-state index in [1.165, 1.54) is 23.1 Å². The summed E-state index contributed by atoms with van der Waals surface area (Å²) in [5.41, 5.74) is 0.662. The van der Waals surface area contributed by atoms with E-state index in [2.05, 4.69) is 0 Å². The molecule has 2 rings (SSSR count). The normalized spacial score (nSPS) is 13.6. The summed E-state index contributed by atoms with van der Waals surface area (Å²) in [5.74, 6) is -1.58. The largest absolute Gasteiger partial charge is 0.302 e. The molecule has 92 valence electrons. The van der Waals surface area contributed by atoms with Crippen LogP contribution in [-0.4, -0.2) is 17.7 Å². The number of hydrogen-bond donors (Lipinski definition) is 0. The molecular weight excluding hydrogens is 221 g/mol. The molecule has 0 aromatic heterocycles. The third-order valence-electron chi connectivity index (χ3n) is 2.39. The van der Waals surface area contributed by atoms with E-state index < -0.39 is 17.5 Å². The van der Waals surface area contributed by atoms with Gasteiger partial charge in [-0.1, -0.05) is 13.8 Å². The predicted octanol–water partition coefficient (Wildman–Crippen LogP) is 2.79. The lowest BCUT2D eigenvalue weighted by Crippen LogP contribution is -2.35. The molecule has 0 aliphatic carbocycles. The van der Waals surface area contributed by atoms with Gasteiger partial charge in [-0.3, -0.25) is 9.59 Å². The van der Waals surface area contributed by atoms with E-state index in [4.69, 9.17) is 0 Å². The molecule has 0 radical (unpaired) electrons. The first-order chi connectivity index (χ1) is 8.02. The fraction of sp³-hybridized carbons (Fsp3) is 0.385. The number of anilines is 1. The van der Waals surface area contributed by atoms with E-state index in [-0.39, 0.29) is 11.6 Å². The lowest BCUT2D eigenvalue weighted by atomic mass is 10.1. The minimum atomic E-state index is -0.578. The second-order valence-electron chi connectivity index (χ2n) is 3.76. The summed E-state index contributed by atoms with van der Waals surface area (Å²) in [5, 5.41) is 0. The second-order valence-corrected chi connectivity index (χ2v) is 3.76. The molecule has 0 bridgehead atoms. The molecule has 0 saturated carbocycles. The third kappa shape index (κ3) is 2.20. The first-order valence-corrected chi connectivity index (χ1v) is 5.70. The van der Waals surface area contributed by atoms with Crippen molar-refractivity contribution in [1.82, 2.24) is 0 Å². The van der Waals surface area contributed by atoms with Crippen molar-refractivity contribution in [2.24, 2.45) is 0 Å². The molecule has 17 heavy (non-hydrogen) atoms.